The van der Waals surface area contributed by atoms with Crippen LogP contribution in [0.15, 0.2) is 24.3 Å². The van der Waals surface area contributed by atoms with Gasteiger partial charge in [0.25, 0.3) is 0 Å². The summed E-state index contributed by atoms with van der Waals surface area (Å²) >= 11 is 0. The molecule has 0 heterocycles. The van der Waals surface area contributed by atoms with Crippen molar-refractivity contribution in [1.29, 1.82) is 0 Å². The molecule has 0 saturated carbocycles. The molecule has 0 unspecified atom stereocenters. The summed E-state index contributed by atoms with van der Waals surface area (Å²) in [5.41, 5.74) is 6.32. The lowest BCUT2D eigenvalue weighted by molar-refractivity contribution is -0.142. The molecule has 94 valence electrons. The molecule has 1 atom stereocenters. The molecule has 0 bridgehead atoms. The van der Waals surface area contributed by atoms with Crippen LogP contribution in [0.4, 0.5) is 0 Å². The highest BCUT2D eigenvalue weighted by atomic mass is 35.5. The predicted octanol–water partition coefficient (Wildman–Crippen LogP) is 1.07. The zero-order chi connectivity index (χ0) is 12.1. The summed E-state index contributed by atoms with van der Waals surface area (Å²) in [5, 5.41) is 0. The Morgan fingerprint density at radius 2 is 1.76 bits per heavy atom. The average molecular weight is 260 g/mol. The molecule has 1 aromatic carbocycles. The quantitative estimate of drug-likeness (QED) is 0.822. The Hall–Kier alpha value is -1.59. The number of rotatable bonds is 3. The molecule has 17 heavy (non-hydrogen) atoms. The smallest absolute Gasteiger partial charge is 0.338 e. The van der Waals surface area contributed by atoms with Crippen molar-refractivity contribution >= 4 is 24.3 Å². The number of hydrogen-bond acceptors (Lipinski definition) is 5. The molecule has 1 aromatic rings. The number of esters is 2. The first-order chi connectivity index (χ1) is 7.61. The lowest BCUT2D eigenvalue weighted by Gasteiger charge is -2.12. The molecule has 0 saturated heterocycles. The number of benzene rings is 1. The van der Waals surface area contributed by atoms with Gasteiger partial charge in [-0.3, -0.25) is 4.79 Å². The molecule has 2 N–H and O–H groups in total. The monoisotopic (exact) mass is 259 g/mol. The Morgan fingerprint density at radius 1 is 1.18 bits per heavy atom. The highest BCUT2D eigenvalue weighted by Crippen LogP contribution is 2.17. The van der Waals surface area contributed by atoms with Gasteiger partial charge in [0.15, 0.2) is 0 Å². The van der Waals surface area contributed by atoms with Crippen molar-refractivity contribution in [3.63, 3.8) is 0 Å². The van der Waals surface area contributed by atoms with E-state index in [9.17, 15) is 9.59 Å². The summed E-state index contributed by atoms with van der Waals surface area (Å²) in [6, 6.07) is 5.50. The van der Waals surface area contributed by atoms with Crippen molar-refractivity contribution in [2.75, 3.05) is 14.2 Å². The van der Waals surface area contributed by atoms with E-state index in [0.29, 0.717) is 5.56 Å². The summed E-state index contributed by atoms with van der Waals surface area (Å²) in [6.07, 6.45) is 0. The van der Waals surface area contributed by atoms with E-state index in [0.717, 1.165) is 0 Å². The van der Waals surface area contributed by atoms with Gasteiger partial charge in [-0.1, -0.05) is 18.2 Å². The number of carbonyl (C=O) groups is 2. The van der Waals surface area contributed by atoms with E-state index in [4.69, 9.17) is 5.73 Å². The summed E-state index contributed by atoms with van der Waals surface area (Å²) in [4.78, 5) is 22.7. The van der Waals surface area contributed by atoms with E-state index in [2.05, 4.69) is 9.47 Å². The van der Waals surface area contributed by atoms with Gasteiger partial charge in [-0.25, -0.2) is 4.79 Å². The standard InChI is InChI=1S/C11H13NO4.ClH/c1-15-10(13)8-6-4-3-5-7(8)9(12)11(14)16-2;/h3-6,9H,12H2,1-2H3;1H/t9-;/m1./s1. The zero-order valence-electron chi connectivity index (χ0n) is 9.51. The van der Waals surface area contributed by atoms with Crippen LogP contribution in [0.25, 0.3) is 0 Å². The second kappa shape index (κ2) is 6.88. The Labute approximate surface area is 105 Å². The van der Waals surface area contributed by atoms with Crippen LogP contribution in [0, 0.1) is 0 Å². The Kier molecular flexibility index (Phi) is 6.23. The maximum Gasteiger partial charge on any atom is 0.338 e. The molecule has 0 aromatic heterocycles. The third kappa shape index (κ3) is 3.44. The Balaban J connectivity index is 0.00000256. The summed E-state index contributed by atoms with van der Waals surface area (Å²) < 4.78 is 9.11. The third-order valence-corrected chi connectivity index (χ3v) is 2.16. The van der Waals surface area contributed by atoms with Crippen LogP contribution in [0.3, 0.4) is 0 Å². The van der Waals surface area contributed by atoms with Gasteiger partial charge in [0.05, 0.1) is 19.8 Å². The molecular formula is C11H14ClNO4. The number of nitrogens with two attached hydrogens (primary N) is 1. The van der Waals surface area contributed by atoms with Crippen LogP contribution in [0.5, 0.6) is 0 Å². The van der Waals surface area contributed by atoms with E-state index in [-0.39, 0.29) is 18.0 Å². The fourth-order valence-electron chi connectivity index (χ4n) is 1.32. The normalized spacial score (nSPS) is 11.0. The van der Waals surface area contributed by atoms with Crippen molar-refractivity contribution < 1.29 is 19.1 Å². The van der Waals surface area contributed by atoms with Crippen LogP contribution < -0.4 is 5.73 Å². The van der Waals surface area contributed by atoms with Crippen molar-refractivity contribution in [3.05, 3.63) is 35.4 Å². The van der Waals surface area contributed by atoms with Gasteiger partial charge in [0.1, 0.15) is 6.04 Å². The Morgan fingerprint density at radius 3 is 2.29 bits per heavy atom. The summed E-state index contributed by atoms with van der Waals surface area (Å²) in [7, 11) is 2.51. The number of methoxy groups -OCH3 is 2. The van der Waals surface area contributed by atoms with Gasteiger partial charge in [-0.05, 0) is 11.6 Å². The van der Waals surface area contributed by atoms with Crippen molar-refractivity contribution in [3.8, 4) is 0 Å². The molecule has 6 heteroatoms. The average Bonchev–Trinajstić information content (AvgIpc) is 2.35. The lowest BCUT2D eigenvalue weighted by Crippen LogP contribution is -2.25. The largest absolute Gasteiger partial charge is 0.468 e. The van der Waals surface area contributed by atoms with Gasteiger partial charge >= 0.3 is 11.9 Å². The summed E-state index contributed by atoms with van der Waals surface area (Å²) in [5.74, 6) is -1.13. The van der Waals surface area contributed by atoms with E-state index < -0.39 is 18.0 Å². The van der Waals surface area contributed by atoms with Crippen LogP contribution in [0.1, 0.15) is 22.0 Å². The maximum absolute atomic E-state index is 11.4. The second-order valence-corrected chi connectivity index (χ2v) is 3.08. The predicted molar refractivity (Wildman–Crippen MR) is 64.0 cm³/mol. The van der Waals surface area contributed by atoms with Crippen molar-refractivity contribution in [2.45, 2.75) is 6.04 Å². The van der Waals surface area contributed by atoms with Gasteiger partial charge in [0.2, 0.25) is 0 Å². The topological polar surface area (TPSA) is 78.6 Å². The lowest BCUT2D eigenvalue weighted by atomic mass is 10.0. The molecule has 1 rings (SSSR count). The van der Waals surface area contributed by atoms with Crippen LogP contribution >= 0.6 is 12.4 Å². The number of hydrogen-bond donors (Lipinski definition) is 1. The fraction of sp³-hybridized carbons (Fsp3) is 0.273. The van der Waals surface area contributed by atoms with E-state index >= 15 is 0 Å². The van der Waals surface area contributed by atoms with Crippen LogP contribution in [-0.2, 0) is 14.3 Å². The van der Waals surface area contributed by atoms with E-state index in [1.54, 1.807) is 24.3 Å². The first-order valence-electron chi connectivity index (χ1n) is 4.62. The minimum absolute atomic E-state index is 0. The fourth-order valence-corrected chi connectivity index (χ4v) is 1.32. The van der Waals surface area contributed by atoms with Crippen molar-refractivity contribution in [2.24, 2.45) is 5.73 Å². The SMILES string of the molecule is COC(=O)c1ccccc1[C@@H](N)C(=O)OC.Cl. The van der Waals surface area contributed by atoms with Gasteiger partial charge in [-0.2, -0.15) is 0 Å². The molecule has 0 fully saturated rings. The molecule has 0 spiro atoms. The first kappa shape index (κ1) is 15.4. The van der Waals surface area contributed by atoms with E-state index in [1.165, 1.54) is 14.2 Å². The minimum Gasteiger partial charge on any atom is -0.468 e. The molecule has 0 amide bonds. The molecular weight excluding hydrogens is 246 g/mol. The van der Waals surface area contributed by atoms with Gasteiger partial charge < -0.3 is 15.2 Å². The molecule has 0 radical (unpaired) electrons. The highest BCUT2D eigenvalue weighted by Gasteiger charge is 2.22. The summed E-state index contributed by atoms with van der Waals surface area (Å²) in [6.45, 7) is 0. The maximum atomic E-state index is 11.4. The number of halogens is 1. The molecule has 0 aliphatic heterocycles. The molecule has 0 aliphatic carbocycles. The number of carbonyl (C=O) groups excluding carboxylic acids is 2. The third-order valence-electron chi connectivity index (χ3n) is 2.16. The van der Waals surface area contributed by atoms with Crippen molar-refractivity contribution in [1.82, 2.24) is 0 Å². The molecule has 0 aliphatic rings. The molecule has 5 nitrogen and oxygen atoms in total. The Bertz CT molecular complexity index is 408. The van der Waals surface area contributed by atoms with Gasteiger partial charge in [0, 0.05) is 0 Å². The van der Waals surface area contributed by atoms with Crippen LogP contribution in [-0.4, -0.2) is 26.2 Å². The van der Waals surface area contributed by atoms with Crippen LogP contribution in [0.2, 0.25) is 0 Å². The van der Waals surface area contributed by atoms with E-state index in [1.807, 2.05) is 0 Å². The van der Waals surface area contributed by atoms with Gasteiger partial charge in [-0.15, -0.1) is 12.4 Å². The minimum atomic E-state index is -0.986. The zero-order valence-corrected chi connectivity index (χ0v) is 10.3. The second-order valence-electron chi connectivity index (χ2n) is 3.08. The highest BCUT2D eigenvalue weighted by molar-refractivity contribution is 5.93. The number of ether oxygens (including phenoxy) is 2. The first-order valence-corrected chi connectivity index (χ1v) is 4.62.